The Bertz CT molecular complexity index is 3760. The molecule has 4 aliphatic carbocycles. The van der Waals surface area contributed by atoms with Gasteiger partial charge in [0.05, 0.1) is 72.7 Å². The van der Waals surface area contributed by atoms with E-state index in [0.717, 1.165) is 112 Å². The molecule has 132 heavy (non-hydrogen) atoms. The highest BCUT2D eigenvalue weighted by Crippen LogP contribution is 2.43. The van der Waals surface area contributed by atoms with E-state index >= 15 is 0 Å². The van der Waals surface area contributed by atoms with Crippen LogP contribution in [0.2, 0.25) is 0 Å². The van der Waals surface area contributed by atoms with Gasteiger partial charge in [-0.1, -0.05) is 118 Å². The van der Waals surface area contributed by atoms with Gasteiger partial charge in [0.2, 0.25) is 0 Å². The maximum atomic E-state index is 12.7. The molecule has 5 rings (SSSR count). The topological polar surface area (TPSA) is 421 Å². The van der Waals surface area contributed by atoms with Gasteiger partial charge in [0.1, 0.15) is 79.3 Å². The second kappa shape index (κ2) is 66.9. The summed E-state index contributed by atoms with van der Waals surface area (Å²) in [6, 6.07) is 3.36. The third-order valence-corrected chi connectivity index (χ3v) is 21.8. The van der Waals surface area contributed by atoms with Gasteiger partial charge in [-0.05, 0) is 219 Å². The smallest absolute Gasteiger partial charge is 0.338 e. The summed E-state index contributed by atoms with van der Waals surface area (Å²) in [7, 11) is 0. The van der Waals surface area contributed by atoms with Crippen molar-refractivity contribution in [2.24, 2.45) is 53.3 Å². The van der Waals surface area contributed by atoms with Crippen LogP contribution in [0.3, 0.4) is 0 Å². The number of carbonyl (C=O) groups excluding carboxylic acids is 16. The van der Waals surface area contributed by atoms with E-state index in [0.29, 0.717) is 44.0 Å². The normalized spacial score (nSPS) is 18.1. The summed E-state index contributed by atoms with van der Waals surface area (Å²) >= 11 is 0. The lowest BCUT2D eigenvalue weighted by molar-refractivity contribution is -0.165. The van der Waals surface area contributed by atoms with Crippen LogP contribution in [-0.4, -0.2) is 201 Å². The number of hydrogen-bond donors (Lipinski definition) is 0. The molecular formula is C100H144O32. The zero-order valence-electron chi connectivity index (χ0n) is 79.6. The molecule has 0 saturated heterocycles. The van der Waals surface area contributed by atoms with Crippen LogP contribution in [0, 0.1) is 53.3 Å². The minimum atomic E-state index is -0.934. The first-order valence-electron chi connectivity index (χ1n) is 45.8. The Kier molecular flexibility index (Phi) is 59.2. The summed E-state index contributed by atoms with van der Waals surface area (Å²) in [5.74, 6) is -8.18. The molecule has 0 radical (unpaired) electrons. The average Bonchev–Trinajstić information content (AvgIpc) is 0.831. The van der Waals surface area contributed by atoms with E-state index < -0.39 is 89.4 Å². The van der Waals surface area contributed by atoms with E-state index in [9.17, 15) is 76.7 Å². The third kappa shape index (κ3) is 50.3. The predicted octanol–water partition coefficient (Wildman–Crippen LogP) is 16.0. The monoisotopic (exact) mass is 1860 g/mol. The molecule has 0 atom stereocenters. The standard InChI is InChI=1S/C28H48O4.C27H36O12.C27H30O12.C18H30O4/c1-4-5-8-11-23-12-14-24(15-13-23)25-16-18-26(19-17-25)28(30)32-21-10-7-6-9-20-31-27(29)22(2)3;2*1-16(2)22(28)34-7-10-37-25(31)19-13-20(26(32)38-11-8-35-23(29)17(3)4)15-21(14-19)27(33)39-12-9-36-24(30)18(5)6;1-4-7-15-8-10-16(11-9-15)18(20)22-13-6-5-12-21-17(19)14(2)3/h23-26H,2,4-21H2,1,3H3;19-21H,1,3,5,7-15H2,2,4,6H3;13-15H,1,3,5,7-12H2,2,4,6H3;15-16H,2,4-13H2,1,3H3. The SMILES string of the molecule is C=C(C)C(=O)OCCCCCCOC(=O)C1CCC(C2CCC(CCCCC)CC2)CC1.C=C(C)C(=O)OCCCCOC(=O)C1CCC(CCC)CC1.C=C(C)C(=O)OCCOC(=O)C1CC(C(=O)OCCOC(=O)C(=C)C)CC(C(=O)OCCOC(=O)C(=C)C)C1.C=C(C)C(=O)OCCOC(=O)c1cc(C(=O)OCCOC(=O)C(=C)C)cc(C(=O)OCCOC(=O)C(=C)C)c1. The van der Waals surface area contributed by atoms with Gasteiger partial charge in [-0.2, -0.15) is 0 Å². The molecule has 4 saturated carbocycles. The number of rotatable bonds is 53. The fourth-order valence-electron chi connectivity index (χ4n) is 14.3. The summed E-state index contributed by atoms with van der Waals surface area (Å²) < 4.78 is 80.8. The van der Waals surface area contributed by atoms with Crippen LogP contribution >= 0.6 is 0 Å². The lowest BCUT2D eigenvalue weighted by Gasteiger charge is -2.37. The quantitative estimate of drug-likeness (QED) is 0.0253. The summed E-state index contributed by atoms with van der Waals surface area (Å²) in [6.45, 7) is 43.1. The van der Waals surface area contributed by atoms with Crippen LogP contribution in [0.5, 0.6) is 0 Å². The van der Waals surface area contributed by atoms with Gasteiger partial charge in [0, 0.05) is 44.6 Å². The predicted molar refractivity (Wildman–Crippen MR) is 486 cm³/mol. The van der Waals surface area contributed by atoms with Crippen molar-refractivity contribution in [2.75, 3.05) is 106 Å². The molecule has 4 aliphatic rings. The van der Waals surface area contributed by atoms with Crippen molar-refractivity contribution in [3.63, 3.8) is 0 Å². The van der Waals surface area contributed by atoms with Crippen molar-refractivity contribution < 1.29 is 153 Å². The Morgan fingerprint density at radius 1 is 0.227 bits per heavy atom. The molecule has 0 aliphatic heterocycles. The van der Waals surface area contributed by atoms with E-state index in [1.165, 1.54) is 119 Å². The molecule has 1 aromatic rings. The van der Waals surface area contributed by atoms with Crippen molar-refractivity contribution >= 4 is 95.5 Å². The Hall–Kier alpha value is -11.3. The molecule has 0 spiro atoms. The minimum Gasteiger partial charge on any atom is -0.465 e. The van der Waals surface area contributed by atoms with Crippen LogP contribution in [0.25, 0.3) is 0 Å². The fraction of sp³-hybridized carbons (Fsp3) is 0.620. The van der Waals surface area contributed by atoms with Crippen LogP contribution in [-0.2, 0) is 138 Å². The maximum absolute atomic E-state index is 12.7. The first-order chi connectivity index (χ1) is 62.7. The number of unbranched alkanes of at least 4 members (excludes halogenated alkanes) is 6. The fourth-order valence-corrected chi connectivity index (χ4v) is 14.3. The van der Waals surface area contributed by atoms with Gasteiger partial charge in [0.15, 0.2) is 0 Å². The number of esters is 16. The molecule has 0 aromatic heterocycles. The molecule has 736 valence electrons. The molecule has 0 bridgehead atoms. The second-order valence-corrected chi connectivity index (χ2v) is 33.7. The number of hydrogen-bond acceptors (Lipinski definition) is 32. The molecule has 0 heterocycles. The van der Waals surface area contributed by atoms with Gasteiger partial charge in [-0.25, -0.2) is 52.7 Å². The number of ether oxygens (including phenoxy) is 16. The molecule has 4 fully saturated rings. The molecule has 32 nitrogen and oxygen atoms in total. The molecule has 0 amide bonds. The zero-order chi connectivity index (χ0) is 98.6. The summed E-state index contributed by atoms with van der Waals surface area (Å²) in [5, 5.41) is 0. The van der Waals surface area contributed by atoms with Gasteiger partial charge >= 0.3 is 95.5 Å². The van der Waals surface area contributed by atoms with Gasteiger partial charge in [-0.15, -0.1) is 0 Å². The van der Waals surface area contributed by atoms with Crippen molar-refractivity contribution in [1.82, 2.24) is 0 Å². The zero-order valence-corrected chi connectivity index (χ0v) is 79.6. The average molecular weight is 1860 g/mol. The van der Waals surface area contributed by atoms with Crippen molar-refractivity contribution in [2.45, 2.75) is 243 Å². The van der Waals surface area contributed by atoms with Crippen molar-refractivity contribution in [1.29, 1.82) is 0 Å². The molecule has 0 unspecified atom stereocenters. The van der Waals surface area contributed by atoms with Crippen LogP contribution in [0.4, 0.5) is 0 Å². The third-order valence-electron chi connectivity index (χ3n) is 21.8. The van der Waals surface area contributed by atoms with Crippen LogP contribution in [0.1, 0.15) is 274 Å². The van der Waals surface area contributed by atoms with Gasteiger partial charge in [-0.3, -0.25) is 24.0 Å². The van der Waals surface area contributed by atoms with Gasteiger partial charge < -0.3 is 75.8 Å². The molecular weight excluding hydrogens is 1710 g/mol. The highest BCUT2D eigenvalue weighted by molar-refractivity contribution is 6.01. The minimum absolute atomic E-state index is 0.0264. The van der Waals surface area contributed by atoms with Crippen LogP contribution < -0.4 is 0 Å². The Labute approximate surface area is 778 Å². The van der Waals surface area contributed by atoms with Crippen molar-refractivity contribution in [3.8, 4) is 0 Å². The molecule has 1 aromatic carbocycles. The van der Waals surface area contributed by atoms with Crippen LogP contribution in [0.15, 0.2) is 115 Å². The largest absolute Gasteiger partial charge is 0.465 e. The van der Waals surface area contributed by atoms with E-state index in [1.54, 1.807) is 13.8 Å². The summed E-state index contributed by atoms with van der Waals surface area (Å²) in [6.07, 6.45) is 27.8. The van der Waals surface area contributed by atoms with E-state index in [2.05, 4.69) is 66.5 Å². The highest BCUT2D eigenvalue weighted by atomic mass is 16.6. The first kappa shape index (κ1) is 117. The summed E-state index contributed by atoms with van der Waals surface area (Å²) in [5.41, 5.74) is 1.32. The first-order valence-corrected chi connectivity index (χ1v) is 45.8. The Morgan fingerprint density at radius 3 is 0.697 bits per heavy atom. The van der Waals surface area contributed by atoms with E-state index in [4.69, 9.17) is 75.8 Å². The highest BCUT2D eigenvalue weighted by Gasteiger charge is 2.42. The second-order valence-electron chi connectivity index (χ2n) is 33.7. The van der Waals surface area contributed by atoms with Crippen molar-refractivity contribution in [3.05, 3.63) is 132 Å². The number of carbonyl (C=O) groups is 16. The Morgan fingerprint density at radius 2 is 0.432 bits per heavy atom. The van der Waals surface area contributed by atoms with Gasteiger partial charge in [0.25, 0.3) is 0 Å². The molecule has 0 N–H and O–H groups in total. The van der Waals surface area contributed by atoms with E-state index in [1.807, 2.05) is 0 Å². The number of benzene rings is 1. The Balaban J connectivity index is 0.000000607. The molecule has 32 heteroatoms. The lowest BCUT2D eigenvalue weighted by atomic mass is 9.68. The lowest BCUT2D eigenvalue weighted by Crippen LogP contribution is -2.37. The maximum Gasteiger partial charge on any atom is 0.338 e. The van der Waals surface area contributed by atoms with E-state index in [-0.39, 0.29) is 184 Å². The summed E-state index contributed by atoms with van der Waals surface area (Å²) in [4.78, 5) is 191.